The first-order valence-electron chi connectivity index (χ1n) is 5.69. The molecule has 0 amide bonds. The predicted molar refractivity (Wildman–Crippen MR) is 67.7 cm³/mol. The van der Waals surface area contributed by atoms with E-state index in [0.29, 0.717) is 5.92 Å². The molecule has 1 aromatic carbocycles. The Bertz CT molecular complexity index is 397. The highest BCUT2D eigenvalue weighted by Crippen LogP contribution is 2.39. The van der Waals surface area contributed by atoms with Gasteiger partial charge in [0.25, 0.3) is 0 Å². The Labute approximate surface area is 102 Å². The molecule has 0 spiro atoms. The third kappa shape index (κ3) is 1.92. The van der Waals surface area contributed by atoms with Gasteiger partial charge in [-0.15, -0.1) is 0 Å². The maximum atomic E-state index is 6.25. The van der Waals surface area contributed by atoms with Crippen molar-refractivity contribution in [3.8, 4) is 5.75 Å². The number of hydrogen-bond acceptors (Lipinski definition) is 2. The molecule has 0 aliphatic carbocycles. The topological polar surface area (TPSA) is 21.3 Å². The Hall–Kier alpha value is -0.730. The summed E-state index contributed by atoms with van der Waals surface area (Å²) in [4.78, 5) is 0. The van der Waals surface area contributed by atoms with Crippen molar-refractivity contribution in [2.75, 3.05) is 20.2 Å². The lowest BCUT2D eigenvalue weighted by atomic mass is 9.91. The Morgan fingerprint density at radius 3 is 2.75 bits per heavy atom. The zero-order chi connectivity index (χ0) is 11.7. The van der Waals surface area contributed by atoms with E-state index in [9.17, 15) is 0 Å². The fraction of sp³-hybridized carbons (Fsp3) is 0.538. The third-order valence-corrected chi connectivity index (χ3v) is 3.77. The lowest BCUT2D eigenvalue weighted by molar-refractivity contribution is 0.402. The lowest BCUT2D eigenvalue weighted by Gasteiger charge is -2.20. The molecule has 1 atom stereocenters. The van der Waals surface area contributed by atoms with Crippen LogP contribution in [0.15, 0.2) is 6.07 Å². The van der Waals surface area contributed by atoms with Crippen LogP contribution in [0.1, 0.15) is 29.0 Å². The largest absolute Gasteiger partial charge is 0.496 e. The Morgan fingerprint density at radius 1 is 1.44 bits per heavy atom. The first kappa shape index (κ1) is 11.7. The van der Waals surface area contributed by atoms with Crippen LogP contribution >= 0.6 is 11.6 Å². The fourth-order valence-corrected chi connectivity index (χ4v) is 2.80. The van der Waals surface area contributed by atoms with Gasteiger partial charge in [-0.25, -0.2) is 0 Å². The molecule has 0 aromatic heterocycles. The van der Waals surface area contributed by atoms with E-state index in [0.717, 1.165) is 41.4 Å². The number of halogens is 1. The minimum Gasteiger partial charge on any atom is -0.496 e. The quantitative estimate of drug-likeness (QED) is 0.857. The molecule has 1 heterocycles. The average Bonchev–Trinajstić information content (AvgIpc) is 2.76. The number of nitrogens with one attached hydrogen (secondary N) is 1. The highest BCUT2D eigenvalue weighted by Gasteiger charge is 2.24. The monoisotopic (exact) mass is 239 g/mol. The van der Waals surface area contributed by atoms with E-state index in [2.05, 4.69) is 19.2 Å². The number of methoxy groups -OCH3 is 1. The smallest absolute Gasteiger partial charge is 0.125 e. The molecule has 88 valence electrons. The Balaban J connectivity index is 2.54. The van der Waals surface area contributed by atoms with Gasteiger partial charge in [-0.1, -0.05) is 11.6 Å². The molecule has 1 aliphatic heterocycles. The molecule has 2 nitrogen and oxygen atoms in total. The van der Waals surface area contributed by atoms with Crippen LogP contribution in [0.4, 0.5) is 0 Å². The molecule has 2 rings (SSSR count). The molecule has 1 N–H and O–H groups in total. The van der Waals surface area contributed by atoms with Crippen molar-refractivity contribution in [1.29, 1.82) is 0 Å². The van der Waals surface area contributed by atoms with Crippen LogP contribution in [0.2, 0.25) is 5.02 Å². The normalized spacial score (nSPS) is 20.1. The Morgan fingerprint density at radius 2 is 2.19 bits per heavy atom. The van der Waals surface area contributed by atoms with Gasteiger partial charge in [0.05, 0.1) is 7.11 Å². The van der Waals surface area contributed by atoms with Gasteiger partial charge in [-0.3, -0.25) is 0 Å². The van der Waals surface area contributed by atoms with Crippen molar-refractivity contribution < 1.29 is 4.74 Å². The second kappa shape index (κ2) is 4.64. The molecule has 1 unspecified atom stereocenters. The van der Waals surface area contributed by atoms with Crippen molar-refractivity contribution in [1.82, 2.24) is 5.32 Å². The maximum Gasteiger partial charge on any atom is 0.125 e. The van der Waals surface area contributed by atoms with Gasteiger partial charge in [0, 0.05) is 23.0 Å². The number of aryl methyl sites for hydroxylation is 1. The molecule has 1 aliphatic rings. The zero-order valence-electron chi connectivity index (χ0n) is 10.1. The first-order chi connectivity index (χ1) is 7.65. The fourth-order valence-electron chi connectivity index (χ4n) is 2.54. The summed E-state index contributed by atoms with van der Waals surface area (Å²) in [5, 5.41) is 4.24. The van der Waals surface area contributed by atoms with E-state index in [1.54, 1.807) is 7.11 Å². The summed E-state index contributed by atoms with van der Waals surface area (Å²) in [6.45, 7) is 6.24. The third-order valence-electron chi connectivity index (χ3n) is 3.38. The average molecular weight is 240 g/mol. The van der Waals surface area contributed by atoms with Crippen LogP contribution < -0.4 is 10.1 Å². The van der Waals surface area contributed by atoms with E-state index in [4.69, 9.17) is 16.3 Å². The molecule has 3 heteroatoms. The summed E-state index contributed by atoms with van der Waals surface area (Å²) in [5.74, 6) is 1.54. The number of benzene rings is 1. The van der Waals surface area contributed by atoms with Crippen LogP contribution in [0.3, 0.4) is 0 Å². The van der Waals surface area contributed by atoms with Crippen LogP contribution in [0.5, 0.6) is 5.75 Å². The highest BCUT2D eigenvalue weighted by atomic mass is 35.5. The van der Waals surface area contributed by atoms with Crippen LogP contribution in [0, 0.1) is 13.8 Å². The van der Waals surface area contributed by atoms with Crippen molar-refractivity contribution >= 4 is 11.6 Å². The van der Waals surface area contributed by atoms with Crippen LogP contribution in [-0.2, 0) is 0 Å². The standard InChI is InChI=1S/C13H18ClNO/c1-8-6-11(14)9(2)12(13(8)16-3)10-4-5-15-7-10/h6,10,15H,4-5,7H2,1-3H3. The van der Waals surface area contributed by atoms with Gasteiger partial charge in [-0.2, -0.15) is 0 Å². The van der Waals surface area contributed by atoms with Gasteiger partial charge in [-0.05, 0) is 44.0 Å². The molecule has 1 aromatic rings. The molecule has 1 saturated heterocycles. The number of rotatable bonds is 2. The maximum absolute atomic E-state index is 6.25. The zero-order valence-corrected chi connectivity index (χ0v) is 10.8. The summed E-state index contributed by atoms with van der Waals surface area (Å²) in [6.07, 6.45) is 1.16. The van der Waals surface area contributed by atoms with Crippen molar-refractivity contribution in [3.63, 3.8) is 0 Å². The van der Waals surface area contributed by atoms with E-state index < -0.39 is 0 Å². The molecule has 0 saturated carbocycles. The highest BCUT2D eigenvalue weighted by molar-refractivity contribution is 6.31. The van der Waals surface area contributed by atoms with Crippen LogP contribution in [0.25, 0.3) is 0 Å². The van der Waals surface area contributed by atoms with Crippen LogP contribution in [-0.4, -0.2) is 20.2 Å². The molecule has 0 bridgehead atoms. The van der Waals surface area contributed by atoms with E-state index in [1.807, 2.05) is 6.07 Å². The van der Waals surface area contributed by atoms with E-state index in [1.165, 1.54) is 5.56 Å². The summed E-state index contributed by atoms with van der Waals surface area (Å²) in [6, 6.07) is 1.99. The van der Waals surface area contributed by atoms with Crippen molar-refractivity contribution in [3.05, 3.63) is 27.8 Å². The molecule has 0 radical (unpaired) electrons. The van der Waals surface area contributed by atoms with E-state index in [-0.39, 0.29) is 0 Å². The van der Waals surface area contributed by atoms with E-state index >= 15 is 0 Å². The molecular weight excluding hydrogens is 222 g/mol. The second-order valence-corrected chi connectivity index (χ2v) is 4.84. The van der Waals surface area contributed by atoms with Gasteiger partial charge >= 0.3 is 0 Å². The lowest BCUT2D eigenvalue weighted by Crippen LogP contribution is -2.10. The number of hydrogen-bond donors (Lipinski definition) is 1. The first-order valence-corrected chi connectivity index (χ1v) is 6.07. The SMILES string of the molecule is COc1c(C)cc(Cl)c(C)c1C1CCNC1. The van der Waals surface area contributed by atoms with Gasteiger partial charge in [0.15, 0.2) is 0 Å². The number of ether oxygens (including phenoxy) is 1. The van der Waals surface area contributed by atoms with Crippen molar-refractivity contribution in [2.45, 2.75) is 26.2 Å². The molecule has 1 fully saturated rings. The summed E-state index contributed by atoms with van der Waals surface area (Å²) >= 11 is 6.25. The van der Waals surface area contributed by atoms with Gasteiger partial charge in [0.2, 0.25) is 0 Å². The summed E-state index contributed by atoms with van der Waals surface area (Å²) in [7, 11) is 1.74. The summed E-state index contributed by atoms with van der Waals surface area (Å²) < 4.78 is 5.54. The molecular formula is C13H18ClNO. The minimum absolute atomic E-state index is 0.535. The Kier molecular flexibility index (Phi) is 3.41. The van der Waals surface area contributed by atoms with Crippen molar-refractivity contribution in [2.24, 2.45) is 0 Å². The van der Waals surface area contributed by atoms with Gasteiger partial charge < -0.3 is 10.1 Å². The minimum atomic E-state index is 0.535. The van der Waals surface area contributed by atoms with Gasteiger partial charge in [0.1, 0.15) is 5.75 Å². The second-order valence-electron chi connectivity index (χ2n) is 4.44. The molecule has 16 heavy (non-hydrogen) atoms. The predicted octanol–water partition coefficient (Wildman–Crippen LogP) is 3.04. The summed E-state index contributed by atoms with van der Waals surface area (Å²) in [5.41, 5.74) is 3.58.